The zero-order valence-electron chi connectivity index (χ0n) is 11.4. The van der Waals surface area contributed by atoms with Crippen LogP contribution in [-0.4, -0.2) is 23.3 Å². The molecule has 0 aliphatic heterocycles. The topological polar surface area (TPSA) is 54.4 Å². The summed E-state index contributed by atoms with van der Waals surface area (Å²) in [6.45, 7) is 7.17. The van der Waals surface area contributed by atoms with Gasteiger partial charge in [0.1, 0.15) is 0 Å². The van der Waals surface area contributed by atoms with E-state index in [-0.39, 0.29) is 24.1 Å². The van der Waals surface area contributed by atoms with Gasteiger partial charge in [0.15, 0.2) is 11.6 Å². The highest BCUT2D eigenvalue weighted by Crippen LogP contribution is 2.26. The van der Waals surface area contributed by atoms with Gasteiger partial charge in [-0.25, -0.2) is 0 Å². The van der Waals surface area contributed by atoms with Gasteiger partial charge in [0.05, 0.1) is 6.61 Å². The first-order chi connectivity index (χ1) is 8.38. The lowest BCUT2D eigenvalue weighted by atomic mass is 9.83. The maximum atomic E-state index is 12.1. The van der Waals surface area contributed by atoms with Gasteiger partial charge in [0, 0.05) is 16.7 Å². The molecule has 1 aliphatic carbocycles. The van der Waals surface area contributed by atoms with E-state index in [1.54, 1.807) is 13.8 Å². The fraction of sp³-hybridized carbons (Fsp3) is 0.467. The molecule has 0 aromatic carbocycles. The Labute approximate surface area is 108 Å². The van der Waals surface area contributed by atoms with E-state index >= 15 is 0 Å². The predicted octanol–water partition coefficient (Wildman–Crippen LogP) is 2.37. The highest BCUT2D eigenvalue weighted by atomic mass is 16.3. The summed E-state index contributed by atoms with van der Waals surface area (Å²) in [5.41, 5.74) is 2.54. The van der Waals surface area contributed by atoms with Crippen molar-refractivity contribution in [1.29, 1.82) is 0 Å². The second-order valence-corrected chi connectivity index (χ2v) is 4.89. The Kier molecular flexibility index (Phi) is 4.79. The summed E-state index contributed by atoms with van der Waals surface area (Å²) in [6.07, 6.45) is 4.02. The van der Waals surface area contributed by atoms with Crippen LogP contribution in [0.3, 0.4) is 0 Å². The van der Waals surface area contributed by atoms with Gasteiger partial charge in [-0.15, -0.1) is 0 Å². The Hall–Kier alpha value is -1.48. The molecule has 0 aromatic heterocycles. The van der Waals surface area contributed by atoms with Crippen LogP contribution in [0.5, 0.6) is 0 Å². The Morgan fingerprint density at radius 3 is 2.50 bits per heavy atom. The van der Waals surface area contributed by atoms with Crippen molar-refractivity contribution in [2.75, 3.05) is 6.61 Å². The molecular formula is C15H20O3. The number of allylic oxidation sites excluding steroid dienone is 5. The molecule has 0 amide bonds. The summed E-state index contributed by atoms with van der Waals surface area (Å²) in [5.74, 6) is -0.113. The lowest BCUT2D eigenvalue weighted by Gasteiger charge is -2.19. The zero-order valence-corrected chi connectivity index (χ0v) is 11.4. The lowest BCUT2D eigenvalue weighted by molar-refractivity contribution is -0.116. The monoisotopic (exact) mass is 248 g/mol. The van der Waals surface area contributed by atoms with E-state index in [2.05, 4.69) is 0 Å². The quantitative estimate of drug-likeness (QED) is 0.614. The van der Waals surface area contributed by atoms with Crippen molar-refractivity contribution in [1.82, 2.24) is 0 Å². The van der Waals surface area contributed by atoms with E-state index < -0.39 is 0 Å². The second-order valence-electron chi connectivity index (χ2n) is 4.89. The van der Waals surface area contributed by atoms with Gasteiger partial charge in [0.2, 0.25) is 0 Å². The SMILES string of the molecule is CC1=C(C)C(=O)C(C(C)C/C=C(\C)CO)=CC1=O. The van der Waals surface area contributed by atoms with Crippen LogP contribution < -0.4 is 0 Å². The van der Waals surface area contributed by atoms with E-state index in [4.69, 9.17) is 5.11 Å². The number of hydrogen-bond acceptors (Lipinski definition) is 3. The number of carbonyl (C=O) groups excluding carboxylic acids is 2. The van der Waals surface area contributed by atoms with E-state index in [1.165, 1.54) is 6.08 Å². The smallest absolute Gasteiger partial charge is 0.185 e. The summed E-state index contributed by atoms with van der Waals surface area (Å²) in [7, 11) is 0. The minimum atomic E-state index is -0.0724. The maximum Gasteiger partial charge on any atom is 0.185 e. The van der Waals surface area contributed by atoms with Crippen LogP contribution in [0.1, 0.15) is 34.1 Å². The van der Waals surface area contributed by atoms with Crippen LogP contribution in [0.25, 0.3) is 0 Å². The molecule has 1 rings (SSSR count). The molecular weight excluding hydrogens is 228 g/mol. The molecule has 0 radical (unpaired) electrons. The number of hydrogen-bond donors (Lipinski definition) is 1. The Morgan fingerprint density at radius 1 is 1.33 bits per heavy atom. The maximum absolute atomic E-state index is 12.1. The predicted molar refractivity (Wildman–Crippen MR) is 71.1 cm³/mol. The van der Waals surface area contributed by atoms with Crippen LogP contribution in [0.15, 0.2) is 34.4 Å². The van der Waals surface area contributed by atoms with Crippen molar-refractivity contribution in [3.05, 3.63) is 34.4 Å². The van der Waals surface area contributed by atoms with Gasteiger partial charge in [0.25, 0.3) is 0 Å². The van der Waals surface area contributed by atoms with Crippen molar-refractivity contribution < 1.29 is 14.7 Å². The molecule has 1 N–H and O–H groups in total. The molecule has 1 aliphatic rings. The second kappa shape index (κ2) is 5.91. The fourth-order valence-corrected chi connectivity index (χ4v) is 1.82. The molecule has 0 aromatic rings. The van der Waals surface area contributed by atoms with Crippen molar-refractivity contribution in [2.24, 2.45) is 5.92 Å². The van der Waals surface area contributed by atoms with E-state index in [0.717, 1.165) is 5.57 Å². The molecule has 0 fully saturated rings. The molecule has 0 saturated carbocycles. The molecule has 1 atom stereocenters. The average molecular weight is 248 g/mol. The molecule has 3 heteroatoms. The van der Waals surface area contributed by atoms with E-state index in [0.29, 0.717) is 23.1 Å². The van der Waals surface area contributed by atoms with Crippen LogP contribution in [-0.2, 0) is 9.59 Å². The first-order valence-electron chi connectivity index (χ1n) is 6.13. The van der Waals surface area contributed by atoms with Crippen LogP contribution in [0.2, 0.25) is 0 Å². The molecule has 1 unspecified atom stereocenters. The highest BCUT2D eigenvalue weighted by molar-refractivity contribution is 6.22. The standard InChI is InChI=1S/C15H20O3/c1-9(8-16)5-6-10(2)13-7-14(17)11(3)12(4)15(13)18/h5,7,10,16H,6,8H2,1-4H3/b9-5+. The Bertz CT molecular complexity index is 464. The van der Waals surface area contributed by atoms with Gasteiger partial charge in [-0.05, 0) is 39.2 Å². The van der Waals surface area contributed by atoms with Crippen LogP contribution >= 0.6 is 0 Å². The Balaban J connectivity index is 2.88. The van der Waals surface area contributed by atoms with Gasteiger partial charge in [-0.2, -0.15) is 0 Å². The summed E-state index contributed by atoms with van der Waals surface area (Å²) in [6, 6.07) is 0. The number of Topliss-reactive ketones (excluding diaryl/α,β-unsaturated/α-hetero) is 1. The average Bonchev–Trinajstić information content (AvgIpc) is 2.37. The minimum Gasteiger partial charge on any atom is -0.392 e. The number of carbonyl (C=O) groups is 2. The first-order valence-corrected chi connectivity index (χ1v) is 6.13. The third-order valence-corrected chi connectivity index (χ3v) is 3.42. The number of ketones is 2. The minimum absolute atomic E-state index is 0.00833. The fourth-order valence-electron chi connectivity index (χ4n) is 1.82. The van der Waals surface area contributed by atoms with Crippen LogP contribution in [0.4, 0.5) is 0 Å². The third-order valence-electron chi connectivity index (χ3n) is 3.42. The van der Waals surface area contributed by atoms with E-state index in [9.17, 15) is 9.59 Å². The first kappa shape index (κ1) is 14.6. The number of rotatable bonds is 4. The van der Waals surface area contributed by atoms with E-state index in [1.807, 2.05) is 19.9 Å². The summed E-state index contributed by atoms with van der Waals surface area (Å²) in [4.78, 5) is 23.8. The van der Waals surface area contributed by atoms with Crippen molar-refractivity contribution in [3.63, 3.8) is 0 Å². The summed E-state index contributed by atoms with van der Waals surface area (Å²) < 4.78 is 0. The highest BCUT2D eigenvalue weighted by Gasteiger charge is 2.25. The molecule has 0 saturated heterocycles. The molecule has 98 valence electrons. The number of aliphatic hydroxyl groups excluding tert-OH is 1. The van der Waals surface area contributed by atoms with Gasteiger partial charge >= 0.3 is 0 Å². The molecule has 18 heavy (non-hydrogen) atoms. The number of aliphatic hydroxyl groups is 1. The zero-order chi connectivity index (χ0) is 13.9. The summed E-state index contributed by atoms with van der Waals surface area (Å²) in [5, 5.41) is 8.92. The van der Waals surface area contributed by atoms with Crippen molar-refractivity contribution >= 4 is 11.6 Å². The Morgan fingerprint density at radius 2 is 1.94 bits per heavy atom. The lowest BCUT2D eigenvalue weighted by Crippen LogP contribution is -2.20. The van der Waals surface area contributed by atoms with Crippen molar-refractivity contribution in [2.45, 2.75) is 34.1 Å². The van der Waals surface area contributed by atoms with Crippen LogP contribution in [0, 0.1) is 5.92 Å². The third kappa shape index (κ3) is 3.05. The molecule has 0 spiro atoms. The van der Waals surface area contributed by atoms with Gasteiger partial charge in [-0.3, -0.25) is 9.59 Å². The molecule has 0 bridgehead atoms. The largest absolute Gasteiger partial charge is 0.392 e. The molecule has 3 nitrogen and oxygen atoms in total. The van der Waals surface area contributed by atoms with Gasteiger partial charge in [-0.1, -0.05) is 18.6 Å². The van der Waals surface area contributed by atoms with Crippen molar-refractivity contribution in [3.8, 4) is 0 Å². The van der Waals surface area contributed by atoms with Gasteiger partial charge < -0.3 is 5.11 Å². The summed E-state index contributed by atoms with van der Waals surface area (Å²) >= 11 is 0. The normalized spacial score (nSPS) is 19.2. The molecule has 0 heterocycles.